The molecule has 5 aromatic carbocycles. The van der Waals surface area contributed by atoms with Gasteiger partial charge >= 0.3 is 30.4 Å². The fraction of sp³-hybridized carbons (Fsp3) is 0.321. The zero-order valence-corrected chi connectivity index (χ0v) is 43.6. The highest BCUT2D eigenvalue weighted by molar-refractivity contribution is 5.93. The number of aliphatic hydroxyl groups excluding tert-OH is 1. The van der Waals surface area contributed by atoms with E-state index < -0.39 is 36.5 Å². The molecule has 24 heteroatoms. The van der Waals surface area contributed by atoms with Crippen LogP contribution in [0, 0.1) is 0 Å². The number of carbonyl (C=O) groups excluding carboxylic acids is 3. The molecule has 80 heavy (non-hydrogen) atoms. The number of pyridine rings is 1. The third-order valence-electron chi connectivity index (χ3n) is 12.5. The number of carboxylic acids is 2. The molecule has 0 bridgehead atoms. The number of carbonyl (C=O) groups is 5. The zero-order valence-electron chi connectivity index (χ0n) is 43.6. The Labute approximate surface area is 454 Å². The second kappa shape index (κ2) is 28.9. The van der Waals surface area contributed by atoms with Gasteiger partial charge in [0.15, 0.2) is 0 Å². The molecule has 7 rings (SSSR count). The molecule has 0 radical (unpaired) electrons. The quantitative estimate of drug-likeness (QED) is 0.0376. The maximum absolute atomic E-state index is 13.2. The first kappa shape index (κ1) is 62.4. The Hall–Kier alpha value is -8.48. The molecular formula is C56H60F6N6O12. The van der Waals surface area contributed by atoms with E-state index in [9.17, 15) is 55.7 Å². The topological polar surface area (TPSA) is 260 Å². The number of carboxylic acid groups (broad SMARTS) is 2. The van der Waals surface area contributed by atoms with Crippen molar-refractivity contribution in [2.45, 2.75) is 76.2 Å². The number of hydrogen-bond donors (Lipinski definition) is 8. The second-order valence-corrected chi connectivity index (χ2v) is 18.4. The van der Waals surface area contributed by atoms with Crippen molar-refractivity contribution in [1.82, 2.24) is 20.5 Å². The van der Waals surface area contributed by atoms with Gasteiger partial charge in [0.05, 0.1) is 30.8 Å². The van der Waals surface area contributed by atoms with E-state index in [1.807, 2.05) is 104 Å². The molecule has 1 fully saturated rings. The highest BCUT2D eigenvalue weighted by atomic mass is 19.4. The maximum atomic E-state index is 13.2. The lowest BCUT2D eigenvalue weighted by atomic mass is 10.00. The summed E-state index contributed by atoms with van der Waals surface area (Å²) in [7, 11) is 3.37. The number of methoxy groups -OCH3 is 1. The molecular weight excluding hydrogens is 1060 g/mol. The molecule has 0 unspecified atom stereocenters. The van der Waals surface area contributed by atoms with E-state index in [-0.39, 0.29) is 53.8 Å². The van der Waals surface area contributed by atoms with Crippen LogP contribution < -0.4 is 31.1 Å². The van der Waals surface area contributed by atoms with Crippen LogP contribution in [0.15, 0.2) is 126 Å². The number of phenols is 1. The summed E-state index contributed by atoms with van der Waals surface area (Å²) < 4.78 is 74.9. The van der Waals surface area contributed by atoms with Crippen molar-refractivity contribution < 1.29 is 80.2 Å². The summed E-state index contributed by atoms with van der Waals surface area (Å²) in [5.74, 6) is -5.03. The highest BCUT2D eigenvalue weighted by Gasteiger charge is 2.39. The molecule has 0 spiro atoms. The number of nitrogens with zero attached hydrogens (tertiary/aromatic N) is 2. The molecule has 1 aromatic heterocycles. The molecule has 1 aliphatic heterocycles. The van der Waals surface area contributed by atoms with E-state index in [1.165, 1.54) is 12.1 Å². The number of H-pyrrole nitrogens is 1. The number of aromatic hydroxyl groups is 1. The lowest BCUT2D eigenvalue weighted by Crippen LogP contribution is -2.40. The molecule has 3 amide bonds. The summed E-state index contributed by atoms with van der Waals surface area (Å²) in [5.41, 5.74) is 6.56. The molecule has 0 aliphatic carbocycles. The number of ether oxygens (including phenoxy) is 2. The van der Waals surface area contributed by atoms with Gasteiger partial charge in [-0.25, -0.2) is 14.4 Å². The molecule has 2 atom stereocenters. The lowest BCUT2D eigenvalue weighted by molar-refractivity contribution is -0.193. The summed E-state index contributed by atoms with van der Waals surface area (Å²) in [6.45, 7) is 4.62. The van der Waals surface area contributed by atoms with Gasteiger partial charge in [0.1, 0.15) is 17.6 Å². The predicted octanol–water partition coefficient (Wildman–Crippen LogP) is 8.36. The van der Waals surface area contributed by atoms with Crippen LogP contribution in [0.4, 0.5) is 42.5 Å². The molecule has 18 nitrogen and oxygen atoms in total. The standard InChI is InChI=1S/C52H58N6O8.2C2HF3O2/c1-34(53-33-46(60)42-18-20-45(59)51-43(42)19-22-48(61)56-51)29-38-30-36(15-21-47(38)65-3)31-49(62)54-32-35-13-16-39(17-14-35)57(2)50(63)25-28-58-26-23-40(24-27-58)66-52(64)55-44-12-8-7-11-41(44)37-9-5-4-6-10-37;2*3-2(4,5)1(6)7/h4-22,30,34,40,46,53,59-60H,23-29,31-33H2,1-3H3,(H,54,62)(H,55,64)(H,56,61);2*(H,6,7)/t34-,46-;;/m0../s1. The van der Waals surface area contributed by atoms with Gasteiger partial charge in [-0.3, -0.25) is 19.7 Å². The number of nitrogens with one attached hydrogen (secondary N) is 4. The van der Waals surface area contributed by atoms with E-state index in [0.29, 0.717) is 61.2 Å². The van der Waals surface area contributed by atoms with Crippen molar-refractivity contribution >= 4 is 52.1 Å². The Morgan fingerprint density at radius 1 is 0.812 bits per heavy atom. The van der Waals surface area contributed by atoms with E-state index in [0.717, 1.165) is 46.6 Å². The molecule has 6 aromatic rings. The van der Waals surface area contributed by atoms with E-state index in [1.54, 1.807) is 31.2 Å². The van der Waals surface area contributed by atoms with Crippen molar-refractivity contribution in [2.24, 2.45) is 0 Å². The highest BCUT2D eigenvalue weighted by Crippen LogP contribution is 2.30. The number of hydrogen-bond acceptors (Lipinski definition) is 12. The first-order chi connectivity index (χ1) is 37.8. The molecule has 8 N–H and O–H groups in total. The number of fused-ring (bicyclic) bond motifs is 1. The van der Waals surface area contributed by atoms with E-state index in [2.05, 4.69) is 25.8 Å². The number of aliphatic hydroxyl groups is 1. The second-order valence-electron chi connectivity index (χ2n) is 18.4. The van der Waals surface area contributed by atoms with Crippen LogP contribution in [0.25, 0.3) is 22.0 Å². The van der Waals surface area contributed by atoms with E-state index >= 15 is 0 Å². The smallest absolute Gasteiger partial charge is 0.490 e. The third kappa shape index (κ3) is 19.2. The molecule has 2 heterocycles. The summed E-state index contributed by atoms with van der Waals surface area (Å²) in [6, 6.07) is 36.8. The fourth-order valence-electron chi connectivity index (χ4n) is 8.33. The molecule has 0 saturated carbocycles. The van der Waals surface area contributed by atoms with Crippen LogP contribution in [-0.4, -0.2) is 125 Å². The van der Waals surface area contributed by atoms with Gasteiger partial charge in [0, 0.05) is 74.9 Å². The fourth-order valence-corrected chi connectivity index (χ4v) is 8.33. The third-order valence-corrected chi connectivity index (χ3v) is 12.5. The lowest BCUT2D eigenvalue weighted by Gasteiger charge is -2.31. The van der Waals surface area contributed by atoms with Crippen LogP contribution in [0.2, 0.25) is 0 Å². The van der Waals surface area contributed by atoms with Gasteiger partial charge in [-0.15, -0.1) is 0 Å². The minimum atomic E-state index is -5.08. The summed E-state index contributed by atoms with van der Waals surface area (Å²) in [4.78, 5) is 75.2. The minimum Gasteiger partial charge on any atom is -0.506 e. The van der Waals surface area contributed by atoms with Crippen molar-refractivity contribution in [3.05, 3.63) is 154 Å². The number of anilines is 2. The Morgan fingerprint density at radius 3 is 2.05 bits per heavy atom. The molecule has 428 valence electrons. The van der Waals surface area contributed by atoms with Gasteiger partial charge < -0.3 is 55.3 Å². The largest absolute Gasteiger partial charge is 0.506 e. The van der Waals surface area contributed by atoms with Crippen LogP contribution in [0.1, 0.15) is 54.5 Å². The SMILES string of the molecule is COc1ccc(CC(=O)NCc2ccc(N(C)C(=O)CCN3CCC(OC(=O)Nc4ccccc4-c4ccccc4)CC3)cc2)cc1C[C@H](C)NC[C@H](O)c1ccc(O)c2[nH]c(=O)ccc12.O=C(O)C(F)(F)F.O=C(O)C(F)(F)F. The first-order valence-corrected chi connectivity index (χ1v) is 24.8. The number of aliphatic carboxylic acids is 2. The average molecular weight is 1120 g/mol. The van der Waals surface area contributed by atoms with E-state index in [4.69, 9.17) is 29.3 Å². The number of alkyl halides is 6. The number of likely N-dealkylation sites (tertiary alicyclic amines) is 1. The summed E-state index contributed by atoms with van der Waals surface area (Å²) in [5, 5.41) is 45.3. The van der Waals surface area contributed by atoms with Crippen LogP contribution in [0.3, 0.4) is 0 Å². The van der Waals surface area contributed by atoms with Crippen LogP contribution >= 0.6 is 0 Å². The number of aromatic amines is 1. The van der Waals surface area contributed by atoms with Gasteiger partial charge in [-0.2, -0.15) is 26.3 Å². The summed E-state index contributed by atoms with van der Waals surface area (Å²) in [6.07, 6.45) is -9.26. The van der Waals surface area contributed by atoms with Crippen LogP contribution in [0.5, 0.6) is 11.5 Å². The number of benzene rings is 5. The van der Waals surface area contributed by atoms with Gasteiger partial charge in [0.2, 0.25) is 17.4 Å². The van der Waals surface area contributed by atoms with Gasteiger partial charge in [-0.1, -0.05) is 78.9 Å². The summed E-state index contributed by atoms with van der Waals surface area (Å²) >= 11 is 0. The van der Waals surface area contributed by atoms with Crippen molar-refractivity contribution in [2.75, 3.05) is 50.6 Å². The first-order valence-electron chi connectivity index (χ1n) is 24.8. The van der Waals surface area contributed by atoms with Gasteiger partial charge in [-0.05, 0) is 90.4 Å². The number of piperidine rings is 1. The Kier molecular flexibility index (Phi) is 22.6. The maximum Gasteiger partial charge on any atom is 0.490 e. The number of amides is 3. The Morgan fingerprint density at radius 2 is 1.43 bits per heavy atom. The van der Waals surface area contributed by atoms with Crippen molar-refractivity contribution in [3.63, 3.8) is 0 Å². The van der Waals surface area contributed by atoms with Gasteiger partial charge in [0.25, 0.3) is 0 Å². The number of aromatic nitrogens is 1. The molecule has 1 saturated heterocycles. The predicted molar refractivity (Wildman–Crippen MR) is 284 cm³/mol. The number of halogens is 6. The zero-order chi connectivity index (χ0) is 58.7. The normalized spacial score (nSPS) is 13.5. The number of rotatable bonds is 18. The monoisotopic (exact) mass is 1120 g/mol. The van der Waals surface area contributed by atoms with Crippen molar-refractivity contribution in [1.29, 1.82) is 0 Å². The number of phenolic OH excluding ortho intramolecular Hbond substituents is 1. The van der Waals surface area contributed by atoms with Crippen molar-refractivity contribution in [3.8, 4) is 22.6 Å². The Bertz CT molecular complexity index is 3090. The van der Waals surface area contributed by atoms with Crippen LogP contribution in [-0.2, 0) is 43.3 Å². The molecule has 1 aliphatic rings. The Balaban J connectivity index is 0.000000743. The minimum absolute atomic E-state index is 0.00473. The average Bonchev–Trinajstić information content (AvgIpc) is 3.49. The number of para-hydroxylation sites is 1.